The number of para-hydroxylation sites is 1. The highest BCUT2D eigenvalue weighted by Crippen LogP contribution is 2.35. The van der Waals surface area contributed by atoms with Gasteiger partial charge in [0.15, 0.2) is 11.5 Å². The normalized spacial score (nSPS) is 20.4. The average Bonchev–Trinajstić information content (AvgIpc) is 3.18. The van der Waals surface area contributed by atoms with Crippen molar-refractivity contribution in [2.75, 3.05) is 6.61 Å². The van der Waals surface area contributed by atoms with Crippen LogP contribution in [0.1, 0.15) is 43.6 Å². The van der Waals surface area contributed by atoms with Crippen LogP contribution in [0.25, 0.3) is 11.3 Å². The van der Waals surface area contributed by atoms with E-state index in [-0.39, 0.29) is 11.8 Å². The first-order valence-corrected chi connectivity index (χ1v) is 8.09. The summed E-state index contributed by atoms with van der Waals surface area (Å²) in [4.78, 5) is 11.7. The largest absolute Gasteiger partial charge is 0.489 e. The van der Waals surface area contributed by atoms with Gasteiger partial charge in [0.1, 0.15) is 11.9 Å². The van der Waals surface area contributed by atoms with Crippen molar-refractivity contribution in [3.8, 4) is 17.1 Å². The summed E-state index contributed by atoms with van der Waals surface area (Å²) in [6.45, 7) is 4.28. The smallest absolute Gasteiger partial charge is 0.360 e. The minimum atomic E-state index is -0.481. The lowest BCUT2D eigenvalue weighted by molar-refractivity contribution is 0.0514. The Morgan fingerprint density at radius 2 is 2.17 bits per heavy atom. The Labute approximate surface area is 135 Å². The van der Waals surface area contributed by atoms with Crippen molar-refractivity contribution < 1.29 is 18.8 Å². The Morgan fingerprint density at radius 1 is 1.35 bits per heavy atom. The lowest BCUT2D eigenvalue weighted by atomic mass is 10.1. The highest BCUT2D eigenvalue weighted by Gasteiger charge is 2.26. The number of rotatable bonds is 5. The Balaban J connectivity index is 1.84. The van der Waals surface area contributed by atoms with Crippen molar-refractivity contribution >= 4 is 5.97 Å². The molecule has 0 amide bonds. The first-order valence-electron chi connectivity index (χ1n) is 8.09. The van der Waals surface area contributed by atoms with Crippen LogP contribution in [0.2, 0.25) is 0 Å². The topological polar surface area (TPSA) is 61.6 Å². The molecule has 0 N–H and O–H groups in total. The Kier molecular flexibility index (Phi) is 4.65. The van der Waals surface area contributed by atoms with Gasteiger partial charge in [-0.15, -0.1) is 0 Å². The van der Waals surface area contributed by atoms with E-state index in [4.69, 9.17) is 14.0 Å². The number of benzene rings is 1. The number of nitrogens with zero attached hydrogens (tertiary/aromatic N) is 1. The number of carbonyl (C=O) groups is 1. The van der Waals surface area contributed by atoms with Crippen LogP contribution in [0.15, 0.2) is 34.9 Å². The lowest BCUT2D eigenvalue weighted by Gasteiger charge is -2.19. The molecule has 2 atom stereocenters. The fourth-order valence-electron chi connectivity index (χ4n) is 2.93. The fraction of sp³-hybridized carbons (Fsp3) is 0.444. The summed E-state index contributed by atoms with van der Waals surface area (Å²) in [5.74, 6) is 1.34. The predicted octanol–water partition coefficient (Wildman–Crippen LogP) is 4.09. The first-order chi connectivity index (χ1) is 11.2. The van der Waals surface area contributed by atoms with Crippen LogP contribution < -0.4 is 4.74 Å². The molecule has 0 unspecified atom stereocenters. The SMILES string of the molecule is CCOC(=O)c1cc(-c2ccccc2O[C@H]2CCC[C@H]2C)on1. The molecule has 5 nitrogen and oxygen atoms in total. The molecule has 122 valence electrons. The number of aromatic nitrogens is 1. The minimum Gasteiger partial charge on any atom is -0.489 e. The van der Waals surface area contributed by atoms with Gasteiger partial charge < -0.3 is 14.0 Å². The summed E-state index contributed by atoms with van der Waals surface area (Å²) in [6.07, 6.45) is 3.69. The third-order valence-electron chi connectivity index (χ3n) is 4.21. The van der Waals surface area contributed by atoms with Crippen LogP contribution in [-0.2, 0) is 4.74 Å². The van der Waals surface area contributed by atoms with E-state index in [1.165, 1.54) is 12.8 Å². The van der Waals surface area contributed by atoms with Crippen LogP contribution in [0, 0.1) is 5.92 Å². The van der Waals surface area contributed by atoms with E-state index in [0.717, 1.165) is 17.7 Å². The number of carbonyl (C=O) groups excluding carboxylic acids is 1. The minimum absolute atomic E-state index is 0.172. The maximum atomic E-state index is 11.7. The molecule has 3 rings (SSSR count). The fourth-order valence-corrected chi connectivity index (χ4v) is 2.93. The molecule has 1 aliphatic carbocycles. The number of ether oxygens (including phenoxy) is 2. The molecule has 1 aromatic heterocycles. The van der Waals surface area contributed by atoms with Gasteiger partial charge in [0.2, 0.25) is 0 Å². The summed E-state index contributed by atoms with van der Waals surface area (Å²) in [5, 5.41) is 3.79. The molecule has 0 saturated heterocycles. The highest BCUT2D eigenvalue weighted by atomic mass is 16.5. The molecule has 0 aliphatic heterocycles. The zero-order valence-corrected chi connectivity index (χ0v) is 13.5. The van der Waals surface area contributed by atoms with Gasteiger partial charge in [0.25, 0.3) is 0 Å². The van der Waals surface area contributed by atoms with Crippen LogP contribution in [0.3, 0.4) is 0 Å². The van der Waals surface area contributed by atoms with Gasteiger partial charge in [0, 0.05) is 6.07 Å². The molecule has 1 saturated carbocycles. The van der Waals surface area contributed by atoms with E-state index in [9.17, 15) is 4.79 Å². The molecule has 23 heavy (non-hydrogen) atoms. The van der Waals surface area contributed by atoms with Gasteiger partial charge in [-0.25, -0.2) is 4.79 Å². The van der Waals surface area contributed by atoms with Crippen molar-refractivity contribution in [3.05, 3.63) is 36.0 Å². The Bertz CT molecular complexity index is 679. The second-order valence-corrected chi connectivity index (χ2v) is 5.86. The van der Waals surface area contributed by atoms with Crippen LogP contribution in [0.5, 0.6) is 5.75 Å². The number of esters is 1. The zero-order valence-electron chi connectivity index (χ0n) is 13.5. The van der Waals surface area contributed by atoms with E-state index in [2.05, 4.69) is 12.1 Å². The monoisotopic (exact) mass is 315 g/mol. The zero-order chi connectivity index (χ0) is 16.2. The molecular weight excluding hydrogens is 294 g/mol. The van der Waals surface area contributed by atoms with Crippen molar-refractivity contribution in [2.45, 2.75) is 39.2 Å². The molecule has 1 aliphatic rings. The van der Waals surface area contributed by atoms with Crippen LogP contribution >= 0.6 is 0 Å². The van der Waals surface area contributed by atoms with E-state index in [1.54, 1.807) is 13.0 Å². The quantitative estimate of drug-likeness (QED) is 0.778. The van der Waals surface area contributed by atoms with E-state index >= 15 is 0 Å². The van der Waals surface area contributed by atoms with Crippen molar-refractivity contribution in [1.29, 1.82) is 0 Å². The van der Waals surface area contributed by atoms with Crippen molar-refractivity contribution in [1.82, 2.24) is 5.16 Å². The average molecular weight is 315 g/mol. The molecule has 0 radical (unpaired) electrons. The molecule has 0 spiro atoms. The van der Waals surface area contributed by atoms with E-state index in [0.29, 0.717) is 18.3 Å². The van der Waals surface area contributed by atoms with Crippen LogP contribution in [0.4, 0.5) is 0 Å². The second-order valence-electron chi connectivity index (χ2n) is 5.86. The standard InChI is InChI=1S/C18H21NO4/c1-3-21-18(20)14-11-17(23-19-14)13-8-4-5-9-16(13)22-15-10-6-7-12(15)2/h4-5,8-9,11-12,15H,3,6-7,10H2,1-2H3/t12-,15+/m1/s1. The predicted molar refractivity (Wildman–Crippen MR) is 85.3 cm³/mol. The van der Waals surface area contributed by atoms with Crippen molar-refractivity contribution in [2.24, 2.45) is 5.92 Å². The molecule has 1 aromatic carbocycles. The van der Waals surface area contributed by atoms with E-state index in [1.807, 2.05) is 24.3 Å². The molecular formula is C18H21NO4. The van der Waals surface area contributed by atoms with Crippen molar-refractivity contribution in [3.63, 3.8) is 0 Å². The summed E-state index contributed by atoms with van der Waals surface area (Å²) in [5.41, 5.74) is 0.973. The van der Waals surface area contributed by atoms with Gasteiger partial charge >= 0.3 is 5.97 Å². The second kappa shape index (κ2) is 6.86. The number of hydrogen-bond acceptors (Lipinski definition) is 5. The van der Waals surface area contributed by atoms with Crippen LogP contribution in [-0.4, -0.2) is 23.8 Å². The molecule has 1 heterocycles. The van der Waals surface area contributed by atoms with E-state index < -0.39 is 5.97 Å². The molecule has 5 heteroatoms. The summed E-state index contributed by atoms with van der Waals surface area (Å²) in [7, 11) is 0. The van der Waals surface area contributed by atoms with Gasteiger partial charge in [-0.3, -0.25) is 0 Å². The third-order valence-corrected chi connectivity index (χ3v) is 4.21. The summed E-state index contributed by atoms with van der Waals surface area (Å²) < 4.78 is 16.4. The molecule has 0 bridgehead atoms. The maximum Gasteiger partial charge on any atom is 0.360 e. The summed E-state index contributed by atoms with van der Waals surface area (Å²) in [6, 6.07) is 9.27. The highest BCUT2D eigenvalue weighted by molar-refractivity contribution is 5.88. The third kappa shape index (κ3) is 3.38. The maximum absolute atomic E-state index is 11.7. The lowest BCUT2D eigenvalue weighted by Crippen LogP contribution is -2.19. The van der Waals surface area contributed by atoms with Gasteiger partial charge in [-0.05, 0) is 44.2 Å². The number of hydrogen-bond donors (Lipinski definition) is 0. The Hall–Kier alpha value is -2.30. The molecule has 2 aromatic rings. The first kappa shape index (κ1) is 15.6. The van der Waals surface area contributed by atoms with Gasteiger partial charge in [-0.1, -0.05) is 24.2 Å². The Morgan fingerprint density at radius 3 is 2.91 bits per heavy atom. The van der Waals surface area contributed by atoms with Gasteiger partial charge in [-0.2, -0.15) is 0 Å². The summed E-state index contributed by atoms with van der Waals surface area (Å²) >= 11 is 0. The molecule has 1 fully saturated rings. The van der Waals surface area contributed by atoms with Gasteiger partial charge in [0.05, 0.1) is 12.2 Å².